The van der Waals surface area contributed by atoms with Gasteiger partial charge in [0.25, 0.3) is 5.91 Å². The van der Waals surface area contributed by atoms with Gasteiger partial charge in [0.15, 0.2) is 6.61 Å². The minimum atomic E-state index is -0.169. The Kier molecular flexibility index (Phi) is 8.19. The first-order valence-corrected chi connectivity index (χ1v) is 11.9. The Balaban J connectivity index is 1.50. The van der Waals surface area contributed by atoms with Crippen LogP contribution in [0.2, 0.25) is 0 Å². The lowest BCUT2D eigenvalue weighted by Gasteiger charge is -2.24. The van der Waals surface area contributed by atoms with Crippen LogP contribution in [0, 0.1) is 6.92 Å². The van der Waals surface area contributed by atoms with Gasteiger partial charge >= 0.3 is 0 Å². The van der Waals surface area contributed by atoms with E-state index in [1.54, 1.807) is 29.2 Å². The molecule has 3 aromatic carbocycles. The van der Waals surface area contributed by atoms with Gasteiger partial charge in [-0.05, 0) is 54.4 Å². The van der Waals surface area contributed by atoms with Gasteiger partial charge in [-0.3, -0.25) is 9.59 Å². The van der Waals surface area contributed by atoms with Crippen LogP contribution in [0.3, 0.4) is 0 Å². The van der Waals surface area contributed by atoms with Gasteiger partial charge in [0, 0.05) is 12.7 Å². The molecule has 36 heavy (non-hydrogen) atoms. The lowest BCUT2D eigenvalue weighted by atomic mass is 10.1. The van der Waals surface area contributed by atoms with Crippen molar-refractivity contribution in [3.8, 4) is 5.75 Å². The molecule has 0 radical (unpaired) electrons. The maximum atomic E-state index is 13.3. The Morgan fingerprint density at radius 3 is 2.31 bits per heavy atom. The number of ether oxygens (including phenoxy) is 1. The third-order valence-corrected chi connectivity index (χ3v) is 5.84. The van der Waals surface area contributed by atoms with Gasteiger partial charge in [-0.25, -0.2) is 0 Å². The Bertz CT molecular complexity index is 1270. The molecule has 0 aliphatic heterocycles. The van der Waals surface area contributed by atoms with E-state index in [1.807, 2.05) is 91.9 Å². The number of carbonyl (C=O) groups excluding carboxylic acids is 2. The van der Waals surface area contributed by atoms with Gasteiger partial charge in [0.05, 0.1) is 25.8 Å². The summed E-state index contributed by atoms with van der Waals surface area (Å²) in [5.41, 5.74) is 3.71. The summed E-state index contributed by atoms with van der Waals surface area (Å²) in [5, 5.41) is 0. The predicted molar refractivity (Wildman–Crippen MR) is 140 cm³/mol. The minimum Gasteiger partial charge on any atom is -0.484 e. The van der Waals surface area contributed by atoms with Crippen molar-refractivity contribution in [2.24, 2.45) is 0 Å². The summed E-state index contributed by atoms with van der Waals surface area (Å²) in [6.07, 6.45) is 1.82. The number of carbonyl (C=O) groups is 2. The van der Waals surface area contributed by atoms with Crippen LogP contribution < -0.4 is 9.64 Å². The number of nitrogens with zero attached hydrogens (tertiary/aromatic N) is 2. The van der Waals surface area contributed by atoms with Gasteiger partial charge in [0.2, 0.25) is 5.91 Å². The lowest BCUT2D eigenvalue weighted by molar-refractivity contribution is -0.129. The normalized spacial score (nSPS) is 10.6. The lowest BCUT2D eigenvalue weighted by Crippen LogP contribution is -2.34. The summed E-state index contributed by atoms with van der Waals surface area (Å²) in [7, 11) is 1.75. The van der Waals surface area contributed by atoms with Crippen LogP contribution in [-0.4, -0.2) is 30.4 Å². The molecule has 0 aliphatic rings. The molecule has 0 saturated heterocycles. The highest BCUT2D eigenvalue weighted by Crippen LogP contribution is 2.21. The van der Waals surface area contributed by atoms with E-state index in [0.29, 0.717) is 18.8 Å². The number of para-hydroxylation sites is 1. The molecule has 0 saturated carbocycles. The average Bonchev–Trinajstić information content (AvgIpc) is 3.41. The quantitative estimate of drug-likeness (QED) is 0.304. The van der Waals surface area contributed by atoms with Gasteiger partial charge < -0.3 is 19.0 Å². The summed E-state index contributed by atoms with van der Waals surface area (Å²) >= 11 is 0. The second-order valence-corrected chi connectivity index (χ2v) is 8.74. The third kappa shape index (κ3) is 6.85. The van der Waals surface area contributed by atoms with E-state index in [4.69, 9.17) is 9.15 Å². The zero-order valence-corrected chi connectivity index (χ0v) is 20.6. The van der Waals surface area contributed by atoms with Crippen LogP contribution in [0.4, 0.5) is 5.69 Å². The van der Waals surface area contributed by atoms with Crippen molar-refractivity contribution in [3.05, 3.63) is 120 Å². The van der Waals surface area contributed by atoms with E-state index in [1.165, 1.54) is 0 Å². The summed E-state index contributed by atoms with van der Waals surface area (Å²) in [6, 6.07) is 28.6. The van der Waals surface area contributed by atoms with Crippen molar-refractivity contribution >= 4 is 17.5 Å². The molecule has 0 aliphatic carbocycles. The van der Waals surface area contributed by atoms with Crippen molar-refractivity contribution in [2.45, 2.75) is 26.4 Å². The monoisotopic (exact) mass is 482 g/mol. The fourth-order valence-corrected chi connectivity index (χ4v) is 3.81. The second-order valence-electron chi connectivity index (χ2n) is 8.74. The first kappa shape index (κ1) is 24.8. The topological polar surface area (TPSA) is 63.0 Å². The molecule has 0 unspecified atom stereocenters. The molecule has 0 bridgehead atoms. The highest BCUT2D eigenvalue weighted by atomic mass is 16.5. The van der Waals surface area contributed by atoms with Gasteiger partial charge in [-0.2, -0.15) is 0 Å². The molecule has 0 atom stereocenters. The molecule has 2 amide bonds. The molecule has 184 valence electrons. The number of amides is 2. The number of benzene rings is 3. The van der Waals surface area contributed by atoms with Crippen molar-refractivity contribution in [1.29, 1.82) is 0 Å². The highest BCUT2D eigenvalue weighted by Gasteiger charge is 2.19. The molecule has 0 fully saturated rings. The first-order valence-electron chi connectivity index (χ1n) is 11.9. The molecule has 6 nitrogen and oxygen atoms in total. The summed E-state index contributed by atoms with van der Waals surface area (Å²) in [6.45, 7) is 2.74. The fourth-order valence-electron chi connectivity index (χ4n) is 3.81. The van der Waals surface area contributed by atoms with E-state index >= 15 is 0 Å². The van der Waals surface area contributed by atoms with Gasteiger partial charge in [-0.1, -0.05) is 60.2 Å². The maximum absolute atomic E-state index is 13.3. The molecule has 1 aromatic heterocycles. The van der Waals surface area contributed by atoms with Crippen LogP contribution in [0.25, 0.3) is 0 Å². The number of furan rings is 1. The van der Waals surface area contributed by atoms with Crippen LogP contribution in [-0.2, 0) is 29.1 Å². The fraction of sp³-hybridized carbons (Fsp3) is 0.200. The predicted octanol–water partition coefficient (Wildman–Crippen LogP) is 5.40. The standard InChI is InChI=1S/C30H30N2O4/c1-23-13-15-24(16-14-23)20-32(30(34)22-36-27-10-4-3-5-11-27)26-9-6-8-25(18-26)19-29(33)31(2)21-28-12-7-17-35-28/h3-18H,19-22H2,1-2H3. The third-order valence-electron chi connectivity index (χ3n) is 5.84. The zero-order chi connectivity index (χ0) is 25.3. The number of hydrogen-bond acceptors (Lipinski definition) is 4. The molecular formula is C30H30N2O4. The van der Waals surface area contributed by atoms with Gasteiger partial charge in [-0.15, -0.1) is 0 Å². The summed E-state index contributed by atoms with van der Waals surface area (Å²) < 4.78 is 11.1. The van der Waals surface area contributed by atoms with Crippen molar-refractivity contribution in [3.63, 3.8) is 0 Å². The molecule has 4 aromatic rings. The minimum absolute atomic E-state index is 0.0348. The average molecular weight is 483 g/mol. The summed E-state index contributed by atoms with van der Waals surface area (Å²) in [4.78, 5) is 29.5. The maximum Gasteiger partial charge on any atom is 0.265 e. The first-order chi connectivity index (χ1) is 17.5. The van der Waals surface area contributed by atoms with Crippen molar-refractivity contribution < 1.29 is 18.7 Å². The van der Waals surface area contributed by atoms with E-state index in [2.05, 4.69) is 0 Å². The second kappa shape index (κ2) is 11.9. The smallest absolute Gasteiger partial charge is 0.265 e. The Morgan fingerprint density at radius 1 is 0.806 bits per heavy atom. The molecule has 1 heterocycles. The molecule has 0 spiro atoms. The van der Waals surface area contributed by atoms with Crippen LogP contribution in [0.15, 0.2) is 102 Å². The number of aryl methyl sites for hydroxylation is 1. The van der Waals surface area contributed by atoms with Crippen LogP contribution >= 0.6 is 0 Å². The van der Waals surface area contributed by atoms with E-state index in [-0.39, 0.29) is 24.8 Å². The zero-order valence-electron chi connectivity index (χ0n) is 20.6. The number of rotatable bonds is 10. The Hall–Kier alpha value is -4.32. The largest absolute Gasteiger partial charge is 0.484 e. The highest BCUT2D eigenvalue weighted by molar-refractivity contribution is 5.94. The number of hydrogen-bond donors (Lipinski definition) is 0. The van der Waals surface area contributed by atoms with E-state index in [9.17, 15) is 9.59 Å². The Labute approximate surface area is 211 Å². The van der Waals surface area contributed by atoms with Crippen LogP contribution in [0.1, 0.15) is 22.5 Å². The number of anilines is 1. The molecule has 4 rings (SSSR count). The van der Waals surface area contributed by atoms with Crippen LogP contribution in [0.5, 0.6) is 5.75 Å². The molecular weight excluding hydrogens is 452 g/mol. The SMILES string of the molecule is Cc1ccc(CN(C(=O)COc2ccccc2)c2cccc(CC(=O)N(C)Cc3ccco3)c2)cc1. The summed E-state index contributed by atoms with van der Waals surface area (Å²) in [5.74, 6) is 1.16. The van der Waals surface area contributed by atoms with Crippen molar-refractivity contribution in [2.75, 3.05) is 18.6 Å². The van der Waals surface area contributed by atoms with E-state index < -0.39 is 0 Å². The molecule has 0 N–H and O–H groups in total. The van der Waals surface area contributed by atoms with Gasteiger partial charge in [0.1, 0.15) is 11.5 Å². The number of likely N-dealkylation sites (N-methyl/N-ethyl adjacent to an activating group) is 1. The Morgan fingerprint density at radius 2 is 1.58 bits per heavy atom. The van der Waals surface area contributed by atoms with Crippen molar-refractivity contribution in [1.82, 2.24) is 4.90 Å². The molecule has 6 heteroatoms. The van der Waals surface area contributed by atoms with E-state index in [0.717, 1.165) is 28.1 Å².